The van der Waals surface area contributed by atoms with Crippen molar-refractivity contribution < 1.29 is 14.3 Å². The third kappa shape index (κ3) is 5.05. The lowest BCUT2D eigenvalue weighted by molar-refractivity contribution is -0.129. The minimum atomic E-state index is -0.249. The fraction of sp³-hybridized carbons (Fsp3) is 0.241. The number of ether oxygens (including phenoxy) is 2. The van der Waals surface area contributed by atoms with Gasteiger partial charge in [-0.1, -0.05) is 54.2 Å². The van der Waals surface area contributed by atoms with Gasteiger partial charge in [0.1, 0.15) is 18.1 Å². The molecule has 1 saturated heterocycles. The Morgan fingerprint density at radius 3 is 2.36 bits per heavy atom. The van der Waals surface area contributed by atoms with Crippen molar-refractivity contribution in [2.75, 3.05) is 24.1 Å². The Balaban J connectivity index is 1.30. The molecule has 3 aromatic rings. The number of carbonyl (C=O) groups excluding carboxylic acids is 1. The van der Waals surface area contributed by atoms with Gasteiger partial charge in [-0.15, -0.1) is 0 Å². The average Bonchev–Trinajstić information content (AvgIpc) is 2.93. The number of carbonyl (C=O) groups is 1. The second kappa shape index (κ2) is 10.8. The third-order valence-electron chi connectivity index (χ3n) is 6.34. The zero-order valence-corrected chi connectivity index (χ0v) is 20.9. The Morgan fingerprint density at radius 2 is 1.67 bits per heavy atom. The van der Waals surface area contributed by atoms with E-state index in [1.807, 2.05) is 85.8 Å². The van der Waals surface area contributed by atoms with Crippen molar-refractivity contribution >= 4 is 23.4 Å². The summed E-state index contributed by atoms with van der Waals surface area (Å²) in [5.41, 5.74) is 3.73. The fourth-order valence-electron chi connectivity index (χ4n) is 4.47. The summed E-state index contributed by atoms with van der Waals surface area (Å²) in [6.07, 6.45) is 0.272. The van der Waals surface area contributed by atoms with Crippen molar-refractivity contribution in [2.24, 2.45) is 0 Å². The van der Waals surface area contributed by atoms with Crippen molar-refractivity contribution in [3.05, 3.63) is 101 Å². The number of nitrogens with zero attached hydrogens (tertiary/aromatic N) is 3. The highest BCUT2D eigenvalue weighted by Crippen LogP contribution is 2.43. The van der Waals surface area contributed by atoms with Crippen molar-refractivity contribution in [3.63, 3.8) is 0 Å². The molecule has 5 rings (SSSR count). The van der Waals surface area contributed by atoms with Crippen LogP contribution in [0.1, 0.15) is 30.4 Å². The largest absolute Gasteiger partial charge is 0.494 e. The minimum Gasteiger partial charge on any atom is -0.494 e. The lowest BCUT2D eigenvalue weighted by Crippen LogP contribution is -2.47. The van der Waals surface area contributed by atoms with E-state index in [-0.39, 0.29) is 18.2 Å². The topological polar surface area (TPSA) is 65.8 Å². The molecule has 0 saturated carbocycles. The third-order valence-corrected chi connectivity index (χ3v) is 7.49. The first kappa shape index (κ1) is 23.8. The number of hydrogen-bond donors (Lipinski definition) is 0. The van der Waals surface area contributed by atoms with Crippen LogP contribution in [0.4, 0.5) is 5.69 Å². The van der Waals surface area contributed by atoms with Gasteiger partial charge in [-0.25, -0.2) is 0 Å². The number of benzene rings is 3. The van der Waals surface area contributed by atoms with E-state index in [1.165, 1.54) is 0 Å². The molecule has 0 aliphatic carbocycles. The second-order valence-corrected chi connectivity index (χ2v) is 9.57. The summed E-state index contributed by atoms with van der Waals surface area (Å²) >= 11 is 1.54. The van der Waals surface area contributed by atoms with Gasteiger partial charge in [0.05, 0.1) is 35.8 Å². The van der Waals surface area contributed by atoms with E-state index < -0.39 is 0 Å². The quantitative estimate of drug-likeness (QED) is 0.406. The van der Waals surface area contributed by atoms with Crippen LogP contribution in [-0.4, -0.2) is 30.0 Å². The zero-order valence-electron chi connectivity index (χ0n) is 20.1. The number of rotatable bonds is 7. The number of amides is 1. The smallest absolute Gasteiger partial charge is 0.229 e. The van der Waals surface area contributed by atoms with Crippen molar-refractivity contribution in [2.45, 2.75) is 25.9 Å². The maximum absolute atomic E-state index is 13.2. The molecule has 0 unspecified atom stereocenters. The highest BCUT2D eigenvalue weighted by atomic mass is 32.2. The molecule has 36 heavy (non-hydrogen) atoms. The van der Waals surface area contributed by atoms with Crippen LogP contribution in [0, 0.1) is 11.3 Å². The van der Waals surface area contributed by atoms with Crippen molar-refractivity contribution in [1.82, 2.24) is 4.90 Å². The van der Waals surface area contributed by atoms with Crippen LogP contribution >= 0.6 is 11.8 Å². The fourth-order valence-corrected chi connectivity index (χ4v) is 5.64. The molecule has 0 radical (unpaired) electrons. The van der Waals surface area contributed by atoms with Crippen LogP contribution in [0.2, 0.25) is 0 Å². The number of fused-ring (bicyclic) bond motifs is 1. The standard InChI is InChI=1S/C29H27N3O3S/c1-2-34-24-14-10-23(11-15-24)31-19-32-28(33)16-26(27(17-30)29(32)36-20-31)22-8-12-25(13-9-22)35-18-21-6-4-3-5-7-21/h3-15,26H,2,16,18-20H2,1H3/t26-/m0/s1. The van der Waals surface area contributed by atoms with E-state index in [1.54, 1.807) is 16.7 Å². The highest BCUT2D eigenvalue weighted by Gasteiger charge is 2.38. The summed E-state index contributed by atoms with van der Waals surface area (Å²) in [5.74, 6) is 2.03. The second-order valence-electron chi connectivity index (χ2n) is 8.63. The number of hydrogen-bond acceptors (Lipinski definition) is 6. The first-order chi connectivity index (χ1) is 17.7. The molecule has 3 aromatic carbocycles. The lowest BCUT2D eigenvalue weighted by atomic mass is 9.86. The van der Waals surface area contributed by atoms with Gasteiger partial charge >= 0.3 is 0 Å². The van der Waals surface area contributed by atoms with Crippen LogP contribution in [-0.2, 0) is 11.4 Å². The molecule has 0 N–H and O–H groups in total. The average molecular weight is 498 g/mol. The minimum absolute atomic E-state index is 0.0292. The van der Waals surface area contributed by atoms with E-state index in [9.17, 15) is 10.1 Å². The summed E-state index contributed by atoms with van der Waals surface area (Å²) in [4.78, 5) is 17.1. The van der Waals surface area contributed by atoms with Gasteiger partial charge < -0.3 is 14.4 Å². The van der Waals surface area contributed by atoms with Crippen molar-refractivity contribution in [1.29, 1.82) is 5.26 Å². The molecule has 0 spiro atoms. The van der Waals surface area contributed by atoms with Gasteiger partial charge in [0.2, 0.25) is 5.91 Å². The van der Waals surface area contributed by atoms with Gasteiger partial charge in [0.25, 0.3) is 0 Å². The van der Waals surface area contributed by atoms with Crippen LogP contribution in [0.25, 0.3) is 0 Å². The van der Waals surface area contributed by atoms with Gasteiger partial charge in [-0.05, 0) is 54.4 Å². The van der Waals surface area contributed by atoms with E-state index >= 15 is 0 Å². The van der Waals surface area contributed by atoms with E-state index in [4.69, 9.17) is 9.47 Å². The molecule has 6 nitrogen and oxygen atoms in total. The summed E-state index contributed by atoms with van der Waals surface area (Å²) in [5, 5.41) is 10.8. The van der Waals surface area contributed by atoms with Gasteiger partial charge in [-0.3, -0.25) is 9.69 Å². The van der Waals surface area contributed by atoms with Crippen molar-refractivity contribution in [3.8, 4) is 17.6 Å². The lowest BCUT2D eigenvalue weighted by Gasteiger charge is -2.42. The molecule has 1 amide bonds. The molecular formula is C29H27N3O3S. The monoisotopic (exact) mass is 497 g/mol. The first-order valence-corrected chi connectivity index (χ1v) is 13.0. The van der Waals surface area contributed by atoms with Gasteiger partial charge in [0, 0.05) is 18.0 Å². The Labute approximate surface area is 215 Å². The molecule has 1 fully saturated rings. The molecule has 182 valence electrons. The number of nitriles is 1. The first-order valence-electron chi connectivity index (χ1n) is 12.0. The molecule has 1 atom stereocenters. The predicted molar refractivity (Wildman–Crippen MR) is 141 cm³/mol. The predicted octanol–water partition coefficient (Wildman–Crippen LogP) is 5.88. The maximum atomic E-state index is 13.2. The molecule has 2 aliphatic rings. The summed E-state index contributed by atoms with van der Waals surface area (Å²) < 4.78 is 11.4. The van der Waals surface area contributed by atoms with Crippen LogP contribution in [0.5, 0.6) is 11.5 Å². The molecule has 2 aliphatic heterocycles. The maximum Gasteiger partial charge on any atom is 0.229 e. The Morgan fingerprint density at radius 1 is 0.972 bits per heavy atom. The Kier molecular flexibility index (Phi) is 7.15. The highest BCUT2D eigenvalue weighted by molar-refractivity contribution is 8.03. The van der Waals surface area contributed by atoms with E-state index in [0.29, 0.717) is 31.3 Å². The van der Waals surface area contributed by atoms with Gasteiger partial charge in [-0.2, -0.15) is 5.26 Å². The Bertz CT molecular complexity index is 1280. The normalized spacial score (nSPS) is 17.4. The summed E-state index contributed by atoms with van der Waals surface area (Å²) in [7, 11) is 0. The molecule has 0 bridgehead atoms. The van der Waals surface area contributed by atoms with Crippen LogP contribution in [0.15, 0.2) is 89.5 Å². The van der Waals surface area contributed by atoms with Crippen LogP contribution in [0.3, 0.4) is 0 Å². The Hall–Kier alpha value is -3.89. The number of anilines is 1. The number of allylic oxidation sites excluding steroid dienone is 1. The summed E-state index contributed by atoms with van der Waals surface area (Å²) in [6, 6.07) is 28.1. The van der Waals surface area contributed by atoms with E-state index in [0.717, 1.165) is 33.3 Å². The molecule has 7 heteroatoms. The molecule has 0 aromatic heterocycles. The zero-order chi connectivity index (χ0) is 24.9. The van der Waals surface area contributed by atoms with Gasteiger partial charge in [0.15, 0.2) is 0 Å². The molecular weight excluding hydrogens is 470 g/mol. The van der Waals surface area contributed by atoms with Crippen LogP contribution < -0.4 is 14.4 Å². The molecule has 2 heterocycles. The summed E-state index contributed by atoms with van der Waals surface area (Å²) in [6.45, 7) is 3.50. The number of thioether (sulfide) groups is 1. The van der Waals surface area contributed by atoms with E-state index in [2.05, 4.69) is 11.0 Å². The SMILES string of the molecule is CCOc1ccc(N2CSC3=C(C#N)[C@H](c4ccc(OCc5ccccc5)cc4)CC(=O)N3C2)cc1.